The van der Waals surface area contributed by atoms with Crippen molar-refractivity contribution < 1.29 is 4.79 Å². The first-order valence-corrected chi connectivity index (χ1v) is 6.64. The normalized spacial score (nSPS) is 10.8. The largest absolute Gasteiger partial charge is 0.368 e. The number of hydrogen-bond donors (Lipinski definition) is 2. The van der Waals surface area contributed by atoms with Crippen LogP contribution in [-0.4, -0.2) is 49.0 Å². The fourth-order valence-electron chi connectivity index (χ4n) is 1.65. The van der Waals surface area contributed by atoms with E-state index < -0.39 is 0 Å². The van der Waals surface area contributed by atoms with Crippen molar-refractivity contribution in [2.24, 2.45) is 0 Å². The van der Waals surface area contributed by atoms with E-state index in [4.69, 9.17) is 0 Å². The zero-order chi connectivity index (χ0) is 14.3. The van der Waals surface area contributed by atoms with Crippen LogP contribution in [0, 0.1) is 0 Å². The predicted octanol–water partition coefficient (Wildman–Crippen LogP) is 1.58. The highest BCUT2D eigenvalue weighted by Gasteiger charge is 2.06. The van der Waals surface area contributed by atoms with Crippen LogP contribution in [0.3, 0.4) is 0 Å². The lowest BCUT2D eigenvalue weighted by atomic mass is 10.2. The molecule has 0 aliphatic rings. The Balaban J connectivity index is 2.47. The number of nitrogens with zero attached hydrogens (tertiary/aromatic N) is 2. The van der Waals surface area contributed by atoms with Crippen molar-refractivity contribution in [1.29, 1.82) is 0 Å². The highest BCUT2D eigenvalue weighted by molar-refractivity contribution is 5.94. The van der Waals surface area contributed by atoms with Gasteiger partial charge in [-0.1, -0.05) is 0 Å². The van der Waals surface area contributed by atoms with Crippen LogP contribution in [0.4, 0.5) is 5.82 Å². The smallest absolute Gasteiger partial charge is 0.251 e. The fourth-order valence-corrected chi connectivity index (χ4v) is 1.65. The van der Waals surface area contributed by atoms with Gasteiger partial charge in [0.1, 0.15) is 5.82 Å². The van der Waals surface area contributed by atoms with E-state index in [2.05, 4.69) is 20.5 Å². The van der Waals surface area contributed by atoms with Crippen LogP contribution < -0.4 is 10.6 Å². The molecule has 0 spiro atoms. The van der Waals surface area contributed by atoms with Gasteiger partial charge in [0.25, 0.3) is 5.91 Å². The lowest BCUT2D eigenvalue weighted by Crippen LogP contribution is -2.27. The third-order valence-corrected chi connectivity index (χ3v) is 2.53. The summed E-state index contributed by atoms with van der Waals surface area (Å²) in [7, 11) is 4.04. The van der Waals surface area contributed by atoms with E-state index in [9.17, 15) is 4.79 Å². The summed E-state index contributed by atoms with van der Waals surface area (Å²) in [5.74, 6) is 0.684. The molecule has 106 valence electrons. The molecule has 1 aromatic rings. The fraction of sp³-hybridized carbons (Fsp3) is 0.571. The number of anilines is 1. The van der Waals surface area contributed by atoms with Crippen LogP contribution in [0.15, 0.2) is 18.3 Å². The Morgan fingerprint density at radius 2 is 2.16 bits per heavy atom. The second-order valence-electron chi connectivity index (χ2n) is 5.14. The van der Waals surface area contributed by atoms with Crippen LogP contribution >= 0.6 is 0 Å². The molecule has 0 fully saturated rings. The van der Waals surface area contributed by atoms with E-state index in [-0.39, 0.29) is 5.91 Å². The number of aromatic nitrogens is 1. The standard InChI is InChI=1S/C14H24N4O/c1-11(2)17-13-10-12(6-8-15-13)14(19)16-7-5-9-18(3)4/h6,8,10-11H,5,7,9H2,1-4H3,(H,15,17)(H,16,19). The molecule has 19 heavy (non-hydrogen) atoms. The van der Waals surface area contributed by atoms with Crippen LogP contribution in [0.1, 0.15) is 30.6 Å². The summed E-state index contributed by atoms with van der Waals surface area (Å²) in [5.41, 5.74) is 0.642. The molecule has 0 radical (unpaired) electrons. The van der Waals surface area contributed by atoms with Gasteiger partial charge in [-0.2, -0.15) is 0 Å². The Hall–Kier alpha value is -1.62. The highest BCUT2D eigenvalue weighted by atomic mass is 16.1. The number of nitrogens with one attached hydrogen (secondary N) is 2. The van der Waals surface area contributed by atoms with Gasteiger partial charge in [0.05, 0.1) is 0 Å². The van der Waals surface area contributed by atoms with Crippen molar-refractivity contribution in [2.75, 3.05) is 32.5 Å². The van der Waals surface area contributed by atoms with Gasteiger partial charge in [-0.15, -0.1) is 0 Å². The maximum atomic E-state index is 11.9. The van der Waals surface area contributed by atoms with Gasteiger partial charge in [-0.25, -0.2) is 4.98 Å². The Kier molecular flexibility index (Phi) is 6.29. The summed E-state index contributed by atoms with van der Waals surface area (Å²) in [6, 6.07) is 3.81. The minimum absolute atomic E-state index is 0.0482. The number of amides is 1. The molecule has 5 nitrogen and oxygen atoms in total. The monoisotopic (exact) mass is 264 g/mol. The van der Waals surface area contributed by atoms with Crippen molar-refractivity contribution in [3.05, 3.63) is 23.9 Å². The molecular weight excluding hydrogens is 240 g/mol. The minimum atomic E-state index is -0.0482. The lowest BCUT2D eigenvalue weighted by molar-refractivity contribution is 0.0952. The first kappa shape index (κ1) is 15.4. The molecule has 5 heteroatoms. The predicted molar refractivity (Wildman–Crippen MR) is 78.5 cm³/mol. The van der Waals surface area contributed by atoms with E-state index in [1.165, 1.54) is 0 Å². The molecule has 0 bridgehead atoms. The van der Waals surface area contributed by atoms with E-state index in [0.29, 0.717) is 18.2 Å². The molecule has 0 saturated carbocycles. The lowest BCUT2D eigenvalue weighted by Gasteiger charge is -2.11. The molecular formula is C14H24N4O. The summed E-state index contributed by atoms with van der Waals surface area (Å²) < 4.78 is 0. The van der Waals surface area contributed by atoms with Crippen LogP contribution in [0.5, 0.6) is 0 Å². The quantitative estimate of drug-likeness (QED) is 0.734. The van der Waals surface area contributed by atoms with E-state index in [1.54, 1.807) is 18.3 Å². The molecule has 1 heterocycles. The van der Waals surface area contributed by atoms with E-state index in [1.807, 2.05) is 27.9 Å². The van der Waals surface area contributed by atoms with Crippen molar-refractivity contribution in [3.63, 3.8) is 0 Å². The second-order valence-corrected chi connectivity index (χ2v) is 5.14. The first-order valence-electron chi connectivity index (χ1n) is 6.64. The van der Waals surface area contributed by atoms with Crippen molar-refractivity contribution >= 4 is 11.7 Å². The zero-order valence-corrected chi connectivity index (χ0v) is 12.2. The van der Waals surface area contributed by atoms with Crippen LogP contribution in [0.25, 0.3) is 0 Å². The summed E-state index contributed by atoms with van der Waals surface area (Å²) in [6.07, 6.45) is 2.60. The molecule has 1 aromatic heterocycles. The van der Waals surface area contributed by atoms with E-state index >= 15 is 0 Å². The SMILES string of the molecule is CC(C)Nc1cc(C(=O)NCCCN(C)C)ccn1. The number of carbonyl (C=O) groups is 1. The van der Waals surface area contributed by atoms with Gasteiger partial charge in [0.15, 0.2) is 0 Å². The van der Waals surface area contributed by atoms with Gasteiger partial charge < -0.3 is 15.5 Å². The van der Waals surface area contributed by atoms with Gasteiger partial charge in [-0.05, 0) is 53.0 Å². The molecule has 0 aliphatic carbocycles. The maximum absolute atomic E-state index is 11.9. The molecule has 0 saturated heterocycles. The van der Waals surface area contributed by atoms with Crippen LogP contribution in [-0.2, 0) is 0 Å². The number of hydrogen-bond acceptors (Lipinski definition) is 4. The number of pyridine rings is 1. The molecule has 0 atom stereocenters. The molecule has 1 rings (SSSR count). The van der Waals surface area contributed by atoms with Crippen molar-refractivity contribution in [2.45, 2.75) is 26.3 Å². The van der Waals surface area contributed by atoms with Gasteiger partial charge in [0, 0.05) is 24.3 Å². The Morgan fingerprint density at radius 3 is 2.79 bits per heavy atom. The van der Waals surface area contributed by atoms with Crippen molar-refractivity contribution in [3.8, 4) is 0 Å². The Morgan fingerprint density at radius 1 is 1.42 bits per heavy atom. The average molecular weight is 264 g/mol. The Bertz CT molecular complexity index is 404. The molecule has 1 amide bonds. The molecule has 0 unspecified atom stereocenters. The van der Waals surface area contributed by atoms with Gasteiger partial charge >= 0.3 is 0 Å². The third-order valence-electron chi connectivity index (χ3n) is 2.53. The summed E-state index contributed by atoms with van der Waals surface area (Å²) in [4.78, 5) is 18.2. The zero-order valence-electron chi connectivity index (χ0n) is 12.2. The van der Waals surface area contributed by atoms with Crippen molar-refractivity contribution in [1.82, 2.24) is 15.2 Å². The minimum Gasteiger partial charge on any atom is -0.368 e. The van der Waals surface area contributed by atoms with E-state index in [0.717, 1.165) is 18.8 Å². The number of rotatable bonds is 7. The summed E-state index contributed by atoms with van der Waals surface area (Å²) >= 11 is 0. The maximum Gasteiger partial charge on any atom is 0.251 e. The Labute approximate surface area is 115 Å². The molecule has 0 aliphatic heterocycles. The number of carbonyl (C=O) groups excluding carboxylic acids is 1. The van der Waals surface area contributed by atoms with Crippen LogP contribution in [0.2, 0.25) is 0 Å². The van der Waals surface area contributed by atoms with Gasteiger partial charge in [-0.3, -0.25) is 4.79 Å². The van der Waals surface area contributed by atoms with Gasteiger partial charge in [0.2, 0.25) is 0 Å². The third kappa shape index (κ3) is 6.20. The summed E-state index contributed by atoms with van der Waals surface area (Å²) in [6.45, 7) is 5.73. The average Bonchev–Trinajstić information content (AvgIpc) is 2.33. The molecule has 0 aromatic carbocycles. The highest BCUT2D eigenvalue weighted by Crippen LogP contribution is 2.08. The first-order chi connectivity index (χ1) is 8.99. The second kappa shape index (κ2) is 7.74. The topological polar surface area (TPSA) is 57.3 Å². The summed E-state index contributed by atoms with van der Waals surface area (Å²) in [5, 5.41) is 6.10. The molecule has 2 N–H and O–H groups in total.